The van der Waals surface area contributed by atoms with E-state index in [9.17, 15) is 9.59 Å². The molecule has 0 aliphatic carbocycles. The number of hydrogen-bond acceptors (Lipinski definition) is 4. The normalized spacial score (nSPS) is 16.9. The first kappa shape index (κ1) is 21.0. The van der Waals surface area contributed by atoms with E-state index in [0.717, 1.165) is 11.1 Å². The van der Waals surface area contributed by atoms with Crippen molar-refractivity contribution in [3.63, 3.8) is 0 Å². The van der Waals surface area contributed by atoms with Gasteiger partial charge in [-0.25, -0.2) is 4.79 Å². The summed E-state index contributed by atoms with van der Waals surface area (Å²) in [5.74, 6) is 0.390. The number of halogens is 1. The van der Waals surface area contributed by atoms with Crippen molar-refractivity contribution >= 4 is 29.3 Å². The molecule has 7 heteroatoms. The van der Waals surface area contributed by atoms with Crippen LogP contribution in [0.1, 0.15) is 44.9 Å². The van der Waals surface area contributed by atoms with Crippen LogP contribution in [0.4, 0.5) is 10.5 Å². The number of anilines is 1. The molecule has 1 heterocycles. The zero-order valence-electron chi connectivity index (χ0n) is 16.9. The zero-order valence-corrected chi connectivity index (χ0v) is 17.7. The van der Waals surface area contributed by atoms with Crippen molar-refractivity contribution in [3.8, 4) is 5.75 Å². The van der Waals surface area contributed by atoms with Crippen LogP contribution >= 0.6 is 11.6 Å². The summed E-state index contributed by atoms with van der Waals surface area (Å²) in [6.07, 6.45) is -0.560. The van der Waals surface area contributed by atoms with Gasteiger partial charge in [0.2, 0.25) is 0 Å². The highest BCUT2D eigenvalue weighted by Gasteiger charge is 2.26. The van der Waals surface area contributed by atoms with Gasteiger partial charge in [0.1, 0.15) is 11.4 Å². The smallest absolute Gasteiger partial charge is 0.408 e. The number of hydrogen-bond donors (Lipinski definition) is 2. The van der Waals surface area contributed by atoms with Gasteiger partial charge in [-0.05, 0) is 69.5 Å². The highest BCUT2D eigenvalue weighted by molar-refractivity contribution is 6.30. The number of carbonyl (C=O) groups excluding carboxylic acids is 2. The minimum absolute atomic E-state index is 0.207. The zero-order chi connectivity index (χ0) is 21.2. The monoisotopic (exact) mass is 416 g/mol. The van der Waals surface area contributed by atoms with Gasteiger partial charge in [-0.2, -0.15) is 0 Å². The summed E-state index contributed by atoms with van der Waals surface area (Å²) in [7, 11) is 0. The molecule has 1 aliphatic heterocycles. The van der Waals surface area contributed by atoms with E-state index >= 15 is 0 Å². The lowest BCUT2D eigenvalue weighted by Crippen LogP contribution is -2.36. The molecule has 29 heavy (non-hydrogen) atoms. The van der Waals surface area contributed by atoms with Crippen molar-refractivity contribution in [1.82, 2.24) is 5.32 Å². The third-order valence-electron chi connectivity index (χ3n) is 4.36. The van der Waals surface area contributed by atoms with Gasteiger partial charge in [-0.15, -0.1) is 0 Å². The Labute approximate surface area is 175 Å². The van der Waals surface area contributed by atoms with Gasteiger partial charge in [0.15, 0.2) is 6.10 Å². The van der Waals surface area contributed by atoms with Gasteiger partial charge in [-0.3, -0.25) is 4.79 Å². The minimum atomic E-state index is -0.613. The topological polar surface area (TPSA) is 76.7 Å². The van der Waals surface area contributed by atoms with Gasteiger partial charge in [0.05, 0.1) is 11.7 Å². The summed E-state index contributed by atoms with van der Waals surface area (Å²) < 4.78 is 11.0. The Balaban J connectivity index is 1.89. The van der Waals surface area contributed by atoms with E-state index in [2.05, 4.69) is 10.6 Å². The molecule has 0 saturated carbocycles. The van der Waals surface area contributed by atoms with Crippen LogP contribution in [-0.2, 0) is 16.0 Å². The molecule has 0 radical (unpaired) electrons. The van der Waals surface area contributed by atoms with Crippen LogP contribution in [0.2, 0.25) is 5.02 Å². The van der Waals surface area contributed by atoms with Crippen LogP contribution in [0.3, 0.4) is 0 Å². The van der Waals surface area contributed by atoms with E-state index in [-0.39, 0.29) is 11.9 Å². The number of alkyl carbamates (subject to hydrolysis) is 1. The van der Waals surface area contributed by atoms with Crippen molar-refractivity contribution in [2.24, 2.45) is 0 Å². The number of benzene rings is 2. The maximum Gasteiger partial charge on any atom is 0.408 e. The molecule has 1 aliphatic rings. The molecule has 0 spiro atoms. The number of rotatable bonds is 4. The Kier molecular flexibility index (Phi) is 6.03. The first-order valence-electron chi connectivity index (χ1n) is 9.46. The maximum absolute atomic E-state index is 12.4. The van der Waals surface area contributed by atoms with E-state index in [1.807, 2.05) is 51.1 Å². The van der Waals surface area contributed by atoms with Gasteiger partial charge >= 0.3 is 6.09 Å². The summed E-state index contributed by atoms with van der Waals surface area (Å²) in [6.45, 7) is 7.13. The molecule has 2 N–H and O–H groups in total. The second-order valence-corrected chi connectivity index (χ2v) is 8.47. The van der Waals surface area contributed by atoms with Crippen molar-refractivity contribution in [2.45, 2.75) is 51.9 Å². The van der Waals surface area contributed by atoms with Crippen LogP contribution in [0.5, 0.6) is 5.75 Å². The van der Waals surface area contributed by atoms with Crippen LogP contribution in [0.25, 0.3) is 0 Å². The van der Waals surface area contributed by atoms with E-state index in [0.29, 0.717) is 22.9 Å². The molecule has 0 bridgehead atoms. The summed E-state index contributed by atoms with van der Waals surface area (Å²) >= 11 is 6.12. The van der Waals surface area contributed by atoms with Crippen molar-refractivity contribution < 1.29 is 19.1 Å². The van der Waals surface area contributed by atoms with Crippen molar-refractivity contribution in [3.05, 3.63) is 58.6 Å². The van der Waals surface area contributed by atoms with E-state index < -0.39 is 17.8 Å². The summed E-state index contributed by atoms with van der Waals surface area (Å²) in [4.78, 5) is 24.4. The number of nitrogens with one attached hydrogen (secondary N) is 2. The molecule has 2 unspecified atom stereocenters. The van der Waals surface area contributed by atoms with Gasteiger partial charge in [0, 0.05) is 5.02 Å². The molecular weight excluding hydrogens is 392 g/mol. The molecule has 2 amide bonds. The molecule has 6 nitrogen and oxygen atoms in total. The molecule has 2 atom stereocenters. The molecule has 0 saturated heterocycles. The molecule has 2 aromatic carbocycles. The second-order valence-electron chi connectivity index (χ2n) is 8.04. The second kappa shape index (κ2) is 8.33. The summed E-state index contributed by atoms with van der Waals surface area (Å²) in [6, 6.07) is 12.6. The summed E-state index contributed by atoms with van der Waals surface area (Å²) in [5.41, 5.74) is 1.74. The fraction of sp³-hybridized carbons (Fsp3) is 0.364. The Morgan fingerprint density at radius 2 is 2.03 bits per heavy atom. The number of fused-ring (bicyclic) bond motifs is 1. The average Bonchev–Trinajstić information content (AvgIpc) is 2.60. The lowest BCUT2D eigenvalue weighted by atomic mass is 9.98. The average molecular weight is 417 g/mol. The number of amides is 2. The molecule has 0 fully saturated rings. The predicted octanol–water partition coefficient (Wildman–Crippen LogP) is 4.87. The Morgan fingerprint density at radius 3 is 2.72 bits per heavy atom. The molecule has 0 aromatic heterocycles. The van der Waals surface area contributed by atoms with E-state index in [1.54, 1.807) is 19.1 Å². The van der Waals surface area contributed by atoms with E-state index in [1.165, 1.54) is 0 Å². The highest BCUT2D eigenvalue weighted by atomic mass is 35.5. The van der Waals surface area contributed by atoms with Gasteiger partial charge in [-0.1, -0.05) is 29.8 Å². The largest absolute Gasteiger partial charge is 0.479 e. The van der Waals surface area contributed by atoms with Gasteiger partial charge in [0.25, 0.3) is 5.91 Å². The third kappa shape index (κ3) is 5.64. The van der Waals surface area contributed by atoms with Gasteiger partial charge < -0.3 is 20.1 Å². The van der Waals surface area contributed by atoms with Crippen LogP contribution in [0, 0.1) is 0 Å². The maximum atomic E-state index is 12.4. The first-order valence-corrected chi connectivity index (χ1v) is 9.84. The highest BCUT2D eigenvalue weighted by Crippen LogP contribution is 2.33. The molecular formula is C22H25ClN2O4. The predicted molar refractivity (Wildman–Crippen MR) is 112 cm³/mol. The third-order valence-corrected chi connectivity index (χ3v) is 4.59. The quantitative estimate of drug-likeness (QED) is 0.745. The lowest BCUT2D eigenvalue weighted by molar-refractivity contribution is -0.122. The SMILES string of the molecule is CC1Oc2ccc(C(Cc3cccc(Cl)c3)NC(=O)OC(C)(C)C)cc2NC1=O. The number of ether oxygens (including phenoxy) is 2. The lowest BCUT2D eigenvalue weighted by Gasteiger charge is -2.27. The van der Waals surface area contributed by atoms with Crippen LogP contribution < -0.4 is 15.4 Å². The van der Waals surface area contributed by atoms with Crippen LogP contribution in [0.15, 0.2) is 42.5 Å². The van der Waals surface area contributed by atoms with Crippen LogP contribution in [-0.4, -0.2) is 23.7 Å². The standard InChI is InChI=1S/C22H25ClN2O4/c1-13-20(26)24-18-12-15(8-9-19(18)28-13)17(25-21(27)29-22(2,3)4)11-14-6-5-7-16(23)10-14/h5-10,12-13,17H,11H2,1-4H3,(H,24,26)(H,25,27). The van der Waals surface area contributed by atoms with Crippen molar-refractivity contribution in [2.75, 3.05) is 5.32 Å². The fourth-order valence-electron chi connectivity index (χ4n) is 3.04. The fourth-order valence-corrected chi connectivity index (χ4v) is 3.26. The Bertz CT molecular complexity index is 923. The molecule has 154 valence electrons. The minimum Gasteiger partial charge on any atom is -0.479 e. The first-order chi connectivity index (χ1) is 13.6. The Morgan fingerprint density at radius 1 is 1.28 bits per heavy atom. The number of carbonyl (C=O) groups is 2. The summed E-state index contributed by atoms with van der Waals surface area (Å²) in [5, 5.41) is 6.39. The molecule has 3 rings (SSSR count). The molecule has 2 aromatic rings. The van der Waals surface area contributed by atoms with Crippen molar-refractivity contribution in [1.29, 1.82) is 0 Å². The van der Waals surface area contributed by atoms with E-state index in [4.69, 9.17) is 21.1 Å². The Hall–Kier alpha value is -2.73.